The van der Waals surface area contributed by atoms with Crippen LogP contribution in [-0.2, 0) is 16.6 Å². The van der Waals surface area contributed by atoms with E-state index in [1.54, 1.807) is 4.31 Å². The average Bonchev–Trinajstić information content (AvgIpc) is 3.02. The molecule has 0 aromatic carbocycles. The van der Waals surface area contributed by atoms with Crippen LogP contribution in [0.1, 0.15) is 42.5 Å². The molecule has 1 N–H and O–H groups in total. The van der Waals surface area contributed by atoms with Gasteiger partial charge in [-0.3, -0.25) is 0 Å². The van der Waals surface area contributed by atoms with E-state index in [-0.39, 0.29) is 12.6 Å². The molecule has 1 aliphatic carbocycles. The Balaban J connectivity index is 1.98. The first kappa shape index (κ1) is 14.5. The molecule has 1 saturated carbocycles. The first-order valence-corrected chi connectivity index (χ1v) is 9.57. The van der Waals surface area contributed by atoms with E-state index in [0.717, 1.165) is 31.2 Å². The molecule has 0 spiro atoms. The van der Waals surface area contributed by atoms with Gasteiger partial charge in [0, 0.05) is 12.6 Å². The Morgan fingerprint density at radius 2 is 2.10 bits per heavy atom. The average molecular weight is 315 g/mol. The summed E-state index contributed by atoms with van der Waals surface area (Å²) in [7, 11) is -3.46. The van der Waals surface area contributed by atoms with Crippen LogP contribution in [0.25, 0.3) is 0 Å². The molecular formula is C14H21NO3S2. The van der Waals surface area contributed by atoms with Crippen LogP contribution in [0.3, 0.4) is 0 Å². The summed E-state index contributed by atoms with van der Waals surface area (Å²) < 4.78 is 27.7. The third-order valence-electron chi connectivity index (χ3n) is 4.66. The van der Waals surface area contributed by atoms with Gasteiger partial charge in [0.15, 0.2) is 0 Å². The number of aliphatic hydroxyl groups is 1. The van der Waals surface area contributed by atoms with Crippen LogP contribution in [0, 0.1) is 12.8 Å². The standard InChI is InChI=1S/C14H21NO3S2/c1-10-9-19-13(8-16)14(10)20(17,18)15-7-6-11-4-2-3-5-12(11)15/h9,11-12,16H,2-8H2,1H3. The molecule has 1 aromatic heterocycles. The summed E-state index contributed by atoms with van der Waals surface area (Å²) in [5, 5.41) is 11.2. The van der Waals surface area contributed by atoms with E-state index in [2.05, 4.69) is 0 Å². The van der Waals surface area contributed by atoms with E-state index in [9.17, 15) is 13.5 Å². The van der Waals surface area contributed by atoms with E-state index >= 15 is 0 Å². The van der Waals surface area contributed by atoms with Crippen molar-refractivity contribution in [1.29, 1.82) is 0 Å². The second-order valence-electron chi connectivity index (χ2n) is 5.85. The Morgan fingerprint density at radius 1 is 1.35 bits per heavy atom. The maximum atomic E-state index is 13.0. The van der Waals surface area contributed by atoms with E-state index in [0.29, 0.717) is 22.2 Å². The zero-order chi connectivity index (χ0) is 14.3. The quantitative estimate of drug-likeness (QED) is 0.932. The second-order valence-corrected chi connectivity index (χ2v) is 8.64. The third-order valence-corrected chi connectivity index (χ3v) is 8.03. The Morgan fingerprint density at radius 3 is 2.85 bits per heavy atom. The Labute approximate surface area is 124 Å². The van der Waals surface area contributed by atoms with Gasteiger partial charge in [-0.1, -0.05) is 12.8 Å². The summed E-state index contributed by atoms with van der Waals surface area (Å²) in [6, 6.07) is 0.180. The minimum atomic E-state index is -3.46. The van der Waals surface area contributed by atoms with Gasteiger partial charge in [-0.25, -0.2) is 8.42 Å². The predicted molar refractivity (Wildman–Crippen MR) is 79.2 cm³/mol. The van der Waals surface area contributed by atoms with Gasteiger partial charge in [0.05, 0.1) is 11.5 Å². The van der Waals surface area contributed by atoms with Crippen LogP contribution < -0.4 is 0 Å². The van der Waals surface area contributed by atoms with Crippen LogP contribution in [0.15, 0.2) is 10.3 Å². The van der Waals surface area contributed by atoms with Gasteiger partial charge in [-0.2, -0.15) is 4.31 Å². The van der Waals surface area contributed by atoms with Crippen molar-refractivity contribution < 1.29 is 13.5 Å². The van der Waals surface area contributed by atoms with Crippen LogP contribution in [0.2, 0.25) is 0 Å². The maximum Gasteiger partial charge on any atom is 0.244 e. The number of aliphatic hydroxyl groups excluding tert-OH is 1. The molecule has 0 amide bonds. The highest BCUT2D eigenvalue weighted by Crippen LogP contribution is 2.40. The van der Waals surface area contributed by atoms with Crippen molar-refractivity contribution in [3.8, 4) is 0 Å². The predicted octanol–water partition coefficient (Wildman–Crippen LogP) is 2.50. The summed E-state index contributed by atoms with van der Waals surface area (Å²) in [5.41, 5.74) is 0.762. The molecule has 2 fully saturated rings. The number of sulfonamides is 1. The number of hydrogen-bond donors (Lipinski definition) is 1. The third kappa shape index (κ3) is 2.22. The molecule has 1 saturated heterocycles. The molecule has 2 aliphatic rings. The lowest BCUT2D eigenvalue weighted by atomic mass is 9.86. The molecule has 0 bridgehead atoms. The molecule has 4 nitrogen and oxygen atoms in total. The summed E-state index contributed by atoms with van der Waals surface area (Å²) in [5.74, 6) is 0.537. The monoisotopic (exact) mass is 315 g/mol. The highest BCUT2D eigenvalue weighted by atomic mass is 32.2. The summed E-state index contributed by atoms with van der Waals surface area (Å²) in [6.07, 6.45) is 5.49. The number of thiophene rings is 1. The Bertz CT molecular complexity index is 594. The molecule has 1 aromatic rings. The van der Waals surface area contributed by atoms with Crippen molar-refractivity contribution in [3.05, 3.63) is 15.8 Å². The highest BCUT2D eigenvalue weighted by molar-refractivity contribution is 7.89. The minimum Gasteiger partial charge on any atom is -0.391 e. The summed E-state index contributed by atoms with van der Waals surface area (Å²) in [4.78, 5) is 0.929. The van der Waals surface area contributed by atoms with Gasteiger partial charge in [0.1, 0.15) is 4.90 Å². The molecule has 2 heterocycles. The number of nitrogens with zero attached hydrogens (tertiary/aromatic N) is 1. The number of aryl methyl sites for hydroxylation is 1. The van der Waals surface area contributed by atoms with Crippen molar-refractivity contribution in [2.75, 3.05) is 6.54 Å². The van der Waals surface area contributed by atoms with Crippen molar-refractivity contribution >= 4 is 21.4 Å². The molecule has 112 valence electrons. The SMILES string of the molecule is Cc1csc(CO)c1S(=O)(=O)N1CCC2CCCCC21. The van der Waals surface area contributed by atoms with E-state index in [1.165, 1.54) is 17.8 Å². The zero-order valence-electron chi connectivity index (χ0n) is 11.7. The maximum absolute atomic E-state index is 13.0. The van der Waals surface area contributed by atoms with Crippen LogP contribution >= 0.6 is 11.3 Å². The van der Waals surface area contributed by atoms with E-state index < -0.39 is 10.0 Å². The smallest absolute Gasteiger partial charge is 0.244 e. The normalized spacial score (nSPS) is 27.7. The van der Waals surface area contributed by atoms with Crippen molar-refractivity contribution in [1.82, 2.24) is 4.31 Å². The van der Waals surface area contributed by atoms with Crippen molar-refractivity contribution in [3.63, 3.8) is 0 Å². The lowest BCUT2D eigenvalue weighted by Crippen LogP contribution is -2.39. The van der Waals surface area contributed by atoms with Crippen LogP contribution in [0.5, 0.6) is 0 Å². The Kier molecular flexibility index (Phi) is 3.92. The van der Waals surface area contributed by atoms with E-state index in [4.69, 9.17) is 0 Å². The van der Waals surface area contributed by atoms with E-state index in [1.807, 2.05) is 12.3 Å². The number of rotatable bonds is 3. The molecule has 3 rings (SSSR count). The topological polar surface area (TPSA) is 57.6 Å². The lowest BCUT2D eigenvalue weighted by Gasteiger charge is -2.31. The van der Waals surface area contributed by atoms with Gasteiger partial charge in [-0.05, 0) is 43.0 Å². The highest BCUT2D eigenvalue weighted by Gasteiger charge is 2.43. The molecule has 1 aliphatic heterocycles. The number of hydrogen-bond acceptors (Lipinski definition) is 4. The first-order chi connectivity index (χ1) is 9.55. The minimum absolute atomic E-state index is 0.180. The molecule has 6 heteroatoms. The molecule has 2 atom stereocenters. The van der Waals surface area contributed by atoms with Crippen LogP contribution in [0.4, 0.5) is 0 Å². The fraction of sp³-hybridized carbons (Fsp3) is 0.714. The summed E-state index contributed by atoms with van der Waals surface area (Å²) >= 11 is 1.34. The summed E-state index contributed by atoms with van der Waals surface area (Å²) in [6.45, 7) is 2.25. The van der Waals surface area contributed by atoms with Gasteiger partial charge in [-0.15, -0.1) is 11.3 Å². The van der Waals surface area contributed by atoms with Gasteiger partial charge >= 0.3 is 0 Å². The zero-order valence-corrected chi connectivity index (χ0v) is 13.3. The van der Waals surface area contributed by atoms with Gasteiger partial charge in [0.25, 0.3) is 0 Å². The fourth-order valence-corrected chi connectivity index (χ4v) is 7.07. The fourth-order valence-electron chi connectivity index (χ4n) is 3.72. The van der Waals surface area contributed by atoms with Gasteiger partial charge in [0.2, 0.25) is 10.0 Å². The molecular weight excluding hydrogens is 294 g/mol. The first-order valence-electron chi connectivity index (χ1n) is 7.25. The Hall–Kier alpha value is -0.430. The molecule has 20 heavy (non-hydrogen) atoms. The molecule has 0 radical (unpaired) electrons. The van der Waals surface area contributed by atoms with Gasteiger partial charge < -0.3 is 5.11 Å². The van der Waals surface area contributed by atoms with Crippen LogP contribution in [-0.4, -0.2) is 30.4 Å². The lowest BCUT2D eigenvalue weighted by molar-refractivity contribution is 0.259. The largest absolute Gasteiger partial charge is 0.391 e. The molecule has 2 unspecified atom stereocenters. The number of fused-ring (bicyclic) bond motifs is 1. The second kappa shape index (κ2) is 5.40. The van der Waals surface area contributed by atoms with Crippen molar-refractivity contribution in [2.24, 2.45) is 5.92 Å². The van der Waals surface area contributed by atoms with Crippen molar-refractivity contribution in [2.45, 2.75) is 56.6 Å².